The number of halogens is 1. The van der Waals surface area contributed by atoms with Gasteiger partial charge < -0.3 is 10.3 Å². The summed E-state index contributed by atoms with van der Waals surface area (Å²) in [6.45, 7) is 2.04. The lowest BCUT2D eigenvalue weighted by Crippen LogP contribution is -2.20. The smallest absolute Gasteiger partial charge is 0.229 e. The Kier molecular flexibility index (Phi) is 3.75. The number of imidazole rings is 1. The number of nitrogens with zero attached hydrogens (tertiary/aromatic N) is 3. The molecule has 28 heavy (non-hydrogen) atoms. The fourth-order valence-electron chi connectivity index (χ4n) is 3.75. The second-order valence-electron chi connectivity index (χ2n) is 7.20. The van der Waals surface area contributed by atoms with Crippen LogP contribution in [-0.2, 0) is 6.42 Å². The van der Waals surface area contributed by atoms with Crippen LogP contribution in [0.1, 0.15) is 29.4 Å². The number of ketones is 1. The van der Waals surface area contributed by atoms with Crippen molar-refractivity contribution in [2.75, 3.05) is 5.32 Å². The Morgan fingerprint density at radius 3 is 2.75 bits per heavy atom. The molecule has 2 N–H and O–H groups in total. The van der Waals surface area contributed by atoms with Crippen molar-refractivity contribution >= 4 is 28.3 Å². The molecule has 1 aliphatic carbocycles. The monoisotopic (exact) mass is 375 g/mol. The first-order valence-electron chi connectivity index (χ1n) is 9.22. The molecule has 7 heteroatoms. The van der Waals surface area contributed by atoms with Gasteiger partial charge in [0.2, 0.25) is 5.95 Å². The van der Waals surface area contributed by atoms with E-state index in [0.29, 0.717) is 30.2 Å². The average Bonchev–Trinajstić information content (AvgIpc) is 3.25. The molecular weight excluding hydrogens is 357 g/mol. The van der Waals surface area contributed by atoms with Crippen molar-refractivity contribution in [3.8, 4) is 5.95 Å². The minimum Gasteiger partial charge on any atom is -0.336 e. The lowest BCUT2D eigenvalue weighted by atomic mass is 9.88. The summed E-state index contributed by atoms with van der Waals surface area (Å²) in [7, 11) is 0. The van der Waals surface area contributed by atoms with Gasteiger partial charge in [-0.3, -0.25) is 4.79 Å². The quantitative estimate of drug-likeness (QED) is 0.557. The van der Waals surface area contributed by atoms with Gasteiger partial charge in [0.15, 0.2) is 11.6 Å². The van der Waals surface area contributed by atoms with Crippen molar-refractivity contribution in [3.63, 3.8) is 0 Å². The number of hydrogen-bond donors (Lipinski definition) is 2. The highest BCUT2D eigenvalue weighted by molar-refractivity contribution is 6.03. The molecule has 0 aliphatic heterocycles. The molecule has 0 fully saturated rings. The summed E-state index contributed by atoms with van der Waals surface area (Å²) in [5.74, 6) is 0.723. The predicted octanol–water partition coefficient (Wildman–Crippen LogP) is 4.40. The van der Waals surface area contributed by atoms with Crippen LogP contribution in [0.25, 0.3) is 17.0 Å². The second-order valence-corrected chi connectivity index (χ2v) is 7.20. The zero-order valence-electron chi connectivity index (χ0n) is 15.2. The molecule has 6 nitrogen and oxygen atoms in total. The first-order valence-corrected chi connectivity index (χ1v) is 9.22. The normalized spacial score (nSPS) is 16.4. The molecule has 2 aromatic heterocycles. The third-order valence-electron chi connectivity index (χ3n) is 5.04. The average molecular weight is 375 g/mol. The predicted molar refractivity (Wildman–Crippen MR) is 105 cm³/mol. The molecule has 2 heterocycles. The van der Waals surface area contributed by atoms with Crippen molar-refractivity contribution < 1.29 is 9.18 Å². The third kappa shape index (κ3) is 2.67. The number of para-hydroxylation sites is 3. The summed E-state index contributed by atoms with van der Waals surface area (Å²) in [5, 5.41) is 7.60. The van der Waals surface area contributed by atoms with Gasteiger partial charge in [0.1, 0.15) is 5.82 Å². The maximum absolute atomic E-state index is 14.1. The Bertz CT molecular complexity index is 1180. The lowest BCUT2D eigenvalue weighted by molar-refractivity contribution is 0.0953. The Labute approximate surface area is 160 Å². The van der Waals surface area contributed by atoms with Gasteiger partial charge >= 0.3 is 0 Å². The van der Waals surface area contributed by atoms with Crippen LogP contribution in [0, 0.1) is 11.7 Å². The summed E-state index contributed by atoms with van der Waals surface area (Å²) in [6, 6.07) is 14.0. The highest BCUT2D eigenvalue weighted by Gasteiger charge is 2.32. The molecule has 0 radical (unpaired) electrons. The number of anilines is 2. The molecule has 0 saturated heterocycles. The number of hydrogen-bond acceptors (Lipinski definition) is 4. The number of aromatic nitrogens is 4. The van der Waals surface area contributed by atoms with Crippen LogP contribution in [0.4, 0.5) is 15.9 Å². The highest BCUT2D eigenvalue weighted by Crippen LogP contribution is 2.34. The molecule has 5 rings (SSSR count). The van der Waals surface area contributed by atoms with E-state index in [1.165, 1.54) is 6.07 Å². The summed E-state index contributed by atoms with van der Waals surface area (Å²) in [4.78, 5) is 20.7. The lowest BCUT2D eigenvalue weighted by Gasteiger charge is -2.18. The molecule has 140 valence electrons. The van der Waals surface area contributed by atoms with E-state index in [9.17, 15) is 9.18 Å². The number of H-pyrrole nitrogens is 1. The zero-order valence-corrected chi connectivity index (χ0v) is 15.2. The van der Waals surface area contributed by atoms with Crippen LogP contribution in [0.15, 0.2) is 48.5 Å². The van der Waals surface area contributed by atoms with Gasteiger partial charge in [-0.15, -0.1) is 5.10 Å². The second kappa shape index (κ2) is 6.30. The summed E-state index contributed by atoms with van der Waals surface area (Å²) in [5.41, 5.74) is 3.30. The van der Waals surface area contributed by atoms with Gasteiger partial charge in [-0.25, -0.2) is 14.1 Å². The molecule has 0 amide bonds. The van der Waals surface area contributed by atoms with Gasteiger partial charge in [-0.2, -0.15) is 0 Å². The van der Waals surface area contributed by atoms with Crippen molar-refractivity contribution in [1.82, 2.24) is 19.7 Å². The third-order valence-corrected chi connectivity index (χ3v) is 5.04. The molecule has 1 atom stereocenters. The minimum atomic E-state index is -0.397. The molecular formula is C21H18FN5O. The molecule has 0 bridgehead atoms. The van der Waals surface area contributed by atoms with E-state index in [2.05, 4.69) is 20.4 Å². The Hall–Kier alpha value is -3.48. The Morgan fingerprint density at radius 2 is 1.93 bits per heavy atom. The van der Waals surface area contributed by atoms with E-state index in [4.69, 9.17) is 0 Å². The van der Waals surface area contributed by atoms with Crippen molar-refractivity contribution in [2.24, 2.45) is 5.92 Å². The zero-order chi connectivity index (χ0) is 19.3. The maximum Gasteiger partial charge on any atom is 0.229 e. The van der Waals surface area contributed by atoms with Crippen molar-refractivity contribution in [1.29, 1.82) is 0 Å². The van der Waals surface area contributed by atoms with E-state index in [1.807, 2.05) is 31.2 Å². The van der Waals surface area contributed by atoms with Gasteiger partial charge in [0, 0.05) is 6.42 Å². The van der Waals surface area contributed by atoms with Crippen LogP contribution in [0.5, 0.6) is 0 Å². The number of fused-ring (bicyclic) bond motifs is 2. The van der Waals surface area contributed by atoms with E-state index in [1.54, 1.807) is 22.9 Å². The summed E-state index contributed by atoms with van der Waals surface area (Å²) >= 11 is 0. The number of carbonyl (C=O) groups is 1. The van der Waals surface area contributed by atoms with Gasteiger partial charge in [0.25, 0.3) is 0 Å². The van der Waals surface area contributed by atoms with Crippen LogP contribution >= 0.6 is 0 Å². The molecule has 1 unspecified atom stereocenters. The van der Waals surface area contributed by atoms with Crippen molar-refractivity contribution in [3.05, 3.63) is 65.6 Å². The molecule has 0 spiro atoms. The maximum atomic E-state index is 14.1. The summed E-state index contributed by atoms with van der Waals surface area (Å²) in [6.07, 6.45) is 1.15. The standard InChI is InChI=1S/C21H18FN5O/c1-12-10-17-19(18(28)11-12)20(23-14-7-3-2-6-13(14)22)26-27(17)21-24-15-8-4-5-9-16(15)25-21/h2-9,12H,10-11H2,1H3,(H,23,26)(H,24,25). The fraction of sp³-hybridized carbons (Fsp3) is 0.190. The van der Waals surface area contributed by atoms with Crippen LogP contribution in [-0.4, -0.2) is 25.5 Å². The topological polar surface area (TPSA) is 75.6 Å². The number of rotatable bonds is 3. The Morgan fingerprint density at radius 1 is 1.14 bits per heavy atom. The first-order chi connectivity index (χ1) is 13.6. The van der Waals surface area contributed by atoms with Crippen molar-refractivity contribution in [2.45, 2.75) is 19.8 Å². The number of benzene rings is 2. The molecule has 4 aromatic rings. The van der Waals surface area contributed by atoms with Crippen LogP contribution < -0.4 is 5.32 Å². The Balaban J connectivity index is 1.67. The van der Waals surface area contributed by atoms with Gasteiger partial charge in [-0.05, 0) is 36.6 Å². The summed E-state index contributed by atoms with van der Waals surface area (Å²) < 4.78 is 15.8. The molecule has 0 saturated carbocycles. The van der Waals surface area contributed by atoms with Crippen LogP contribution in [0.3, 0.4) is 0 Å². The fourth-order valence-corrected chi connectivity index (χ4v) is 3.75. The van der Waals surface area contributed by atoms with E-state index in [0.717, 1.165) is 16.7 Å². The SMILES string of the molecule is CC1CC(=O)c2c(Nc3ccccc3F)nn(-c3nc4ccccc4[nH]3)c2C1. The number of carbonyl (C=O) groups excluding carboxylic acids is 1. The molecule has 1 aliphatic rings. The van der Waals surface area contributed by atoms with E-state index in [-0.39, 0.29) is 17.4 Å². The van der Waals surface area contributed by atoms with E-state index >= 15 is 0 Å². The van der Waals surface area contributed by atoms with E-state index < -0.39 is 5.82 Å². The highest BCUT2D eigenvalue weighted by atomic mass is 19.1. The first kappa shape index (κ1) is 16.7. The molecule has 2 aromatic carbocycles. The number of Topliss-reactive ketones (excluding diaryl/α,β-unsaturated/α-hetero) is 1. The largest absolute Gasteiger partial charge is 0.336 e. The minimum absolute atomic E-state index is 0.00921. The number of aromatic amines is 1. The number of nitrogens with one attached hydrogen (secondary N) is 2. The van der Waals surface area contributed by atoms with Gasteiger partial charge in [0.05, 0.1) is 28.0 Å². The van der Waals surface area contributed by atoms with Crippen LogP contribution in [0.2, 0.25) is 0 Å². The van der Waals surface area contributed by atoms with Gasteiger partial charge in [-0.1, -0.05) is 31.2 Å².